The molecule has 0 radical (unpaired) electrons. The van der Waals surface area contributed by atoms with Crippen molar-refractivity contribution in [1.29, 1.82) is 0 Å². The summed E-state index contributed by atoms with van der Waals surface area (Å²) in [5.41, 5.74) is 2.37. The summed E-state index contributed by atoms with van der Waals surface area (Å²) >= 11 is 0. The molecule has 12 heavy (non-hydrogen) atoms. The first-order chi connectivity index (χ1) is 5.92. The van der Waals surface area contributed by atoms with Gasteiger partial charge in [-0.05, 0) is 17.6 Å². The summed E-state index contributed by atoms with van der Waals surface area (Å²) in [5, 5.41) is 0. The third-order valence-corrected chi connectivity index (χ3v) is 2.26. The van der Waals surface area contributed by atoms with Crippen molar-refractivity contribution >= 4 is 11.9 Å². The topological polar surface area (TPSA) is 17.1 Å². The van der Waals surface area contributed by atoms with Crippen molar-refractivity contribution in [2.45, 2.75) is 6.42 Å². The zero-order valence-electron chi connectivity index (χ0n) is 6.73. The van der Waals surface area contributed by atoms with Gasteiger partial charge in [0.15, 0.2) is 0 Å². The van der Waals surface area contributed by atoms with Gasteiger partial charge < -0.3 is 4.79 Å². The quantitative estimate of drug-likeness (QED) is 0.603. The lowest BCUT2D eigenvalue weighted by Crippen LogP contribution is -2.12. The van der Waals surface area contributed by atoms with E-state index >= 15 is 0 Å². The summed E-state index contributed by atoms with van der Waals surface area (Å²) < 4.78 is 0. The number of aldehydes is 1. The molecule has 1 aliphatic carbocycles. The van der Waals surface area contributed by atoms with E-state index < -0.39 is 0 Å². The second-order valence-corrected chi connectivity index (χ2v) is 3.00. The van der Waals surface area contributed by atoms with E-state index in [4.69, 9.17) is 0 Å². The molecule has 2 rings (SSSR count). The number of hydrogen-bond donors (Lipinski definition) is 0. The van der Waals surface area contributed by atoms with E-state index in [2.05, 4.69) is 6.08 Å². The highest BCUT2D eigenvalue weighted by atomic mass is 16.1. The Labute approximate surface area is 71.7 Å². The predicted molar refractivity (Wildman–Crippen MR) is 48.6 cm³/mol. The van der Waals surface area contributed by atoms with Gasteiger partial charge >= 0.3 is 0 Å². The molecule has 1 heteroatoms. The van der Waals surface area contributed by atoms with Crippen LogP contribution in [0.25, 0.3) is 5.57 Å². The molecule has 0 fully saturated rings. The minimum Gasteiger partial charge on any atom is -0.303 e. The largest absolute Gasteiger partial charge is 0.303 e. The Balaban J connectivity index is 2.28. The molecule has 0 saturated heterocycles. The zero-order chi connectivity index (χ0) is 8.39. The van der Waals surface area contributed by atoms with Gasteiger partial charge in [-0.25, -0.2) is 0 Å². The van der Waals surface area contributed by atoms with Gasteiger partial charge in [0, 0.05) is 5.92 Å². The van der Waals surface area contributed by atoms with Crippen LogP contribution in [0.3, 0.4) is 0 Å². The van der Waals surface area contributed by atoms with E-state index in [-0.39, 0.29) is 5.92 Å². The maximum Gasteiger partial charge on any atom is 0.127 e. The third kappa shape index (κ3) is 1.07. The highest BCUT2D eigenvalue weighted by Crippen LogP contribution is 2.33. The summed E-state index contributed by atoms with van der Waals surface area (Å²) in [7, 11) is 0. The molecule has 1 aromatic rings. The predicted octanol–water partition coefficient (Wildman–Crippen LogP) is 2.29. The lowest BCUT2D eigenvalue weighted by molar-refractivity contribution is -0.109. The number of benzene rings is 1. The Morgan fingerprint density at radius 2 is 2.00 bits per heavy atom. The minimum absolute atomic E-state index is 0.146. The van der Waals surface area contributed by atoms with Crippen LogP contribution in [0.4, 0.5) is 0 Å². The molecule has 0 bridgehead atoms. The van der Waals surface area contributed by atoms with Gasteiger partial charge in [-0.15, -0.1) is 0 Å². The van der Waals surface area contributed by atoms with E-state index in [1.807, 2.05) is 30.3 Å². The van der Waals surface area contributed by atoms with Gasteiger partial charge in [-0.3, -0.25) is 0 Å². The first-order valence-corrected chi connectivity index (χ1v) is 4.12. The molecule has 1 atom stereocenters. The van der Waals surface area contributed by atoms with Crippen molar-refractivity contribution in [2.75, 3.05) is 0 Å². The van der Waals surface area contributed by atoms with Crippen LogP contribution in [0.2, 0.25) is 0 Å². The van der Waals surface area contributed by atoms with Crippen LogP contribution in [-0.4, -0.2) is 6.29 Å². The second-order valence-electron chi connectivity index (χ2n) is 3.00. The Morgan fingerprint density at radius 3 is 2.50 bits per heavy atom. The monoisotopic (exact) mass is 158 g/mol. The maximum atomic E-state index is 10.5. The second kappa shape index (κ2) is 2.94. The van der Waals surface area contributed by atoms with Gasteiger partial charge in [0.1, 0.15) is 6.29 Å². The molecule has 0 N–H and O–H groups in total. The number of hydrogen-bond acceptors (Lipinski definition) is 1. The molecule has 0 heterocycles. The minimum atomic E-state index is 0.146. The molecule has 0 aromatic heterocycles. The van der Waals surface area contributed by atoms with Crippen molar-refractivity contribution in [3.8, 4) is 0 Å². The normalized spacial score (nSPS) is 21.0. The van der Waals surface area contributed by atoms with Crippen LogP contribution in [-0.2, 0) is 4.79 Å². The van der Waals surface area contributed by atoms with E-state index in [0.29, 0.717) is 0 Å². The molecule has 0 aliphatic heterocycles. The first-order valence-electron chi connectivity index (χ1n) is 4.12. The lowest BCUT2D eigenvalue weighted by atomic mass is 9.82. The van der Waals surface area contributed by atoms with Crippen LogP contribution in [0.15, 0.2) is 36.4 Å². The van der Waals surface area contributed by atoms with Crippen molar-refractivity contribution in [1.82, 2.24) is 0 Å². The highest BCUT2D eigenvalue weighted by molar-refractivity contribution is 5.85. The third-order valence-electron chi connectivity index (χ3n) is 2.26. The molecular formula is C11H10O. The molecule has 1 aliphatic rings. The van der Waals surface area contributed by atoms with E-state index in [0.717, 1.165) is 12.7 Å². The van der Waals surface area contributed by atoms with Crippen molar-refractivity contribution in [3.05, 3.63) is 42.0 Å². The lowest BCUT2D eigenvalue weighted by Gasteiger charge is -2.22. The summed E-state index contributed by atoms with van der Waals surface area (Å²) in [6.45, 7) is 0. The SMILES string of the molecule is O=CC1CC=C1c1ccccc1. The summed E-state index contributed by atoms with van der Waals surface area (Å²) in [4.78, 5) is 10.5. The summed E-state index contributed by atoms with van der Waals surface area (Å²) in [6, 6.07) is 10.1. The van der Waals surface area contributed by atoms with Crippen LogP contribution >= 0.6 is 0 Å². The van der Waals surface area contributed by atoms with E-state index in [1.54, 1.807) is 0 Å². The number of carbonyl (C=O) groups is 1. The molecule has 60 valence electrons. The average molecular weight is 158 g/mol. The highest BCUT2D eigenvalue weighted by Gasteiger charge is 2.21. The van der Waals surface area contributed by atoms with Gasteiger partial charge in [0.25, 0.3) is 0 Å². The Morgan fingerprint density at radius 1 is 1.25 bits per heavy atom. The number of allylic oxidation sites excluding steroid dienone is 2. The molecule has 0 saturated carbocycles. The molecule has 1 aromatic carbocycles. The molecular weight excluding hydrogens is 148 g/mol. The van der Waals surface area contributed by atoms with Crippen molar-refractivity contribution in [3.63, 3.8) is 0 Å². The maximum absolute atomic E-state index is 10.5. The smallest absolute Gasteiger partial charge is 0.127 e. The standard InChI is InChI=1S/C11H10O/c12-8-10-6-7-11(10)9-4-2-1-3-5-9/h1-5,7-8,10H,6H2. The van der Waals surface area contributed by atoms with Gasteiger partial charge in [0.05, 0.1) is 0 Å². The molecule has 1 nitrogen and oxygen atoms in total. The fraction of sp³-hybridized carbons (Fsp3) is 0.182. The summed E-state index contributed by atoms with van der Waals surface area (Å²) in [5.74, 6) is 0.146. The zero-order valence-corrected chi connectivity index (χ0v) is 6.73. The van der Waals surface area contributed by atoms with Gasteiger partial charge in [-0.1, -0.05) is 36.4 Å². The Kier molecular flexibility index (Phi) is 1.78. The van der Waals surface area contributed by atoms with Crippen LogP contribution in [0.5, 0.6) is 0 Å². The Bertz CT molecular complexity index is 311. The molecule has 0 spiro atoms. The van der Waals surface area contributed by atoms with Crippen molar-refractivity contribution < 1.29 is 4.79 Å². The van der Waals surface area contributed by atoms with Crippen LogP contribution in [0, 0.1) is 5.92 Å². The molecule has 0 amide bonds. The molecule has 1 unspecified atom stereocenters. The summed E-state index contributed by atoms with van der Waals surface area (Å²) in [6.07, 6.45) is 4.06. The number of rotatable bonds is 2. The average Bonchev–Trinajstić information content (AvgIpc) is 2.05. The van der Waals surface area contributed by atoms with Crippen molar-refractivity contribution in [2.24, 2.45) is 5.92 Å². The van der Waals surface area contributed by atoms with Crippen LogP contribution < -0.4 is 0 Å². The number of carbonyl (C=O) groups excluding carboxylic acids is 1. The fourth-order valence-corrected chi connectivity index (χ4v) is 1.46. The van der Waals surface area contributed by atoms with Crippen LogP contribution in [0.1, 0.15) is 12.0 Å². The first kappa shape index (κ1) is 7.29. The van der Waals surface area contributed by atoms with Gasteiger partial charge in [-0.2, -0.15) is 0 Å². The van der Waals surface area contributed by atoms with E-state index in [9.17, 15) is 4.79 Å². The van der Waals surface area contributed by atoms with E-state index in [1.165, 1.54) is 11.1 Å². The Hall–Kier alpha value is -1.37. The fourth-order valence-electron chi connectivity index (χ4n) is 1.46. The van der Waals surface area contributed by atoms with Gasteiger partial charge in [0.2, 0.25) is 0 Å².